The summed E-state index contributed by atoms with van der Waals surface area (Å²) in [5, 5.41) is 11.2. The van der Waals surface area contributed by atoms with Gasteiger partial charge in [0, 0.05) is 30.7 Å². The smallest absolute Gasteiger partial charge is 0.283 e. The number of hydrogen-bond acceptors (Lipinski definition) is 4. The average molecular weight is 314 g/mol. The van der Waals surface area contributed by atoms with E-state index < -0.39 is 10.8 Å². The van der Waals surface area contributed by atoms with Crippen molar-refractivity contribution >= 4 is 23.2 Å². The van der Waals surface area contributed by atoms with Gasteiger partial charge in [-0.1, -0.05) is 25.4 Å². The number of benzene rings is 1. The van der Waals surface area contributed by atoms with Crippen molar-refractivity contribution in [2.45, 2.75) is 26.3 Å². The molecule has 0 heterocycles. The summed E-state index contributed by atoms with van der Waals surface area (Å²) in [5.41, 5.74) is 5.69. The Morgan fingerprint density at radius 1 is 1.48 bits per heavy atom. The predicted octanol–water partition coefficient (Wildman–Crippen LogP) is 2.69. The quantitative estimate of drug-likeness (QED) is 0.646. The highest BCUT2D eigenvalue weighted by atomic mass is 35.5. The van der Waals surface area contributed by atoms with Crippen LogP contribution in [-0.4, -0.2) is 35.4 Å². The van der Waals surface area contributed by atoms with Crippen molar-refractivity contribution in [1.29, 1.82) is 0 Å². The highest BCUT2D eigenvalue weighted by Gasteiger charge is 2.23. The molecule has 0 aliphatic carbocycles. The van der Waals surface area contributed by atoms with Crippen molar-refractivity contribution in [3.05, 3.63) is 38.9 Å². The van der Waals surface area contributed by atoms with Gasteiger partial charge in [-0.3, -0.25) is 14.9 Å². The summed E-state index contributed by atoms with van der Waals surface area (Å²) in [6, 6.07) is 4.01. The first-order chi connectivity index (χ1) is 9.73. The van der Waals surface area contributed by atoms with Crippen LogP contribution in [0, 0.1) is 16.0 Å². The van der Waals surface area contributed by atoms with Crippen LogP contribution in [0.3, 0.4) is 0 Å². The summed E-state index contributed by atoms with van der Waals surface area (Å²) in [7, 11) is 1.60. The third-order valence-electron chi connectivity index (χ3n) is 3.39. The highest BCUT2D eigenvalue weighted by molar-refractivity contribution is 6.31. The van der Waals surface area contributed by atoms with Crippen LogP contribution >= 0.6 is 11.6 Å². The average Bonchev–Trinajstić information content (AvgIpc) is 2.43. The molecule has 0 saturated carbocycles. The van der Waals surface area contributed by atoms with Crippen molar-refractivity contribution in [1.82, 2.24) is 4.90 Å². The first-order valence-corrected chi connectivity index (χ1v) is 7.06. The molecule has 1 rings (SSSR count). The van der Waals surface area contributed by atoms with Gasteiger partial charge in [0.15, 0.2) is 0 Å². The number of carbonyl (C=O) groups is 1. The molecule has 116 valence electrons. The summed E-state index contributed by atoms with van der Waals surface area (Å²) < 4.78 is 0. The largest absolute Gasteiger partial charge is 0.341 e. The molecule has 0 saturated heterocycles. The van der Waals surface area contributed by atoms with Crippen molar-refractivity contribution in [2.75, 3.05) is 13.6 Å². The van der Waals surface area contributed by atoms with Gasteiger partial charge >= 0.3 is 0 Å². The lowest BCUT2D eigenvalue weighted by Gasteiger charge is -2.21. The van der Waals surface area contributed by atoms with Crippen molar-refractivity contribution in [2.24, 2.45) is 11.7 Å². The lowest BCUT2D eigenvalue weighted by atomic mass is 10.0. The van der Waals surface area contributed by atoms with Gasteiger partial charge in [-0.15, -0.1) is 0 Å². The van der Waals surface area contributed by atoms with Crippen LogP contribution in [0.5, 0.6) is 0 Å². The normalized spacial score (nSPS) is 12.3. The molecule has 0 fully saturated rings. The number of rotatable bonds is 6. The molecule has 1 aromatic carbocycles. The lowest BCUT2D eigenvalue weighted by Crippen LogP contribution is -2.34. The van der Waals surface area contributed by atoms with Crippen LogP contribution in [-0.2, 0) is 0 Å². The van der Waals surface area contributed by atoms with Crippen LogP contribution < -0.4 is 5.73 Å². The van der Waals surface area contributed by atoms with Crippen LogP contribution in [0.15, 0.2) is 18.2 Å². The molecule has 0 aromatic heterocycles. The number of nitro groups is 1. The van der Waals surface area contributed by atoms with E-state index in [1.54, 1.807) is 7.05 Å². The molecule has 21 heavy (non-hydrogen) atoms. The molecule has 1 unspecified atom stereocenters. The molecule has 1 atom stereocenters. The molecule has 0 aliphatic rings. The summed E-state index contributed by atoms with van der Waals surface area (Å²) in [4.78, 5) is 24.2. The zero-order valence-electron chi connectivity index (χ0n) is 12.4. The first-order valence-electron chi connectivity index (χ1n) is 6.69. The SMILES string of the molecule is CC(C)C(N)CCN(C)C(=O)c1ccc(Cl)cc1[N+](=O)[O-]. The van der Waals surface area contributed by atoms with Gasteiger partial charge in [0.1, 0.15) is 5.56 Å². The van der Waals surface area contributed by atoms with Crippen molar-refractivity contribution in [3.63, 3.8) is 0 Å². The Labute approximate surface area is 129 Å². The number of carbonyl (C=O) groups excluding carboxylic acids is 1. The molecule has 1 amide bonds. The third-order valence-corrected chi connectivity index (χ3v) is 3.62. The minimum absolute atomic E-state index is 0.0135. The monoisotopic (exact) mass is 313 g/mol. The van der Waals surface area contributed by atoms with Crippen LogP contribution in [0.25, 0.3) is 0 Å². The maximum Gasteiger partial charge on any atom is 0.283 e. The second kappa shape index (κ2) is 7.38. The Bertz CT molecular complexity index is 534. The number of halogens is 1. The Hall–Kier alpha value is -1.66. The van der Waals surface area contributed by atoms with Gasteiger partial charge in [-0.25, -0.2) is 0 Å². The molecule has 6 nitrogen and oxygen atoms in total. The fourth-order valence-corrected chi connectivity index (χ4v) is 1.99. The summed E-state index contributed by atoms with van der Waals surface area (Å²) in [5.74, 6) is -0.0901. The van der Waals surface area contributed by atoms with Crippen molar-refractivity contribution in [3.8, 4) is 0 Å². The van der Waals surface area contributed by atoms with Gasteiger partial charge < -0.3 is 10.6 Å². The van der Waals surface area contributed by atoms with E-state index in [0.717, 1.165) is 0 Å². The number of nitrogens with two attached hydrogens (primary N) is 1. The van der Waals surface area contributed by atoms with E-state index in [1.807, 2.05) is 13.8 Å². The Morgan fingerprint density at radius 2 is 2.10 bits per heavy atom. The Morgan fingerprint density at radius 3 is 2.62 bits per heavy atom. The molecule has 1 aromatic rings. The van der Waals surface area contributed by atoms with Gasteiger partial charge in [0.05, 0.1) is 4.92 Å². The molecular weight excluding hydrogens is 294 g/mol. The number of nitro benzene ring substituents is 1. The predicted molar refractivity (Wildman–Crippen MR) is 82.5 cm³/mol. The molecule has 0 bridgehead atoms. The van der Waals surface area contributed by atoms with Gasteiger partial charge in [-0.05, 0) is 24.5 Å². The van der Waals surface area contributed by atoms with E-state index in [0.29, 0.717) is 18.9 Å². The fourth-order valence-electron chi connectivity index (χ4n) is 1.82. The van der Waals surface area contributed by atoms with E-state index in [9.17, 15) is 14.9 Å². The first kappa shape index (κ1) is 17.4. The van der Waals surface area contributed by atoms with E-state index >= 15 is 0 Å². The molecule has 2 N–H and O–H groups in total. The second-order valence-electron chi connectivity index (χ2n) is 5.34. The zero-order chi connectivity index (χ0) is 16.2. The standard InChI is InChI=1S/C14H20ClN3O3/c1-9(2)12(16)6-7-17(3)14(19)11-5-4-10(15)8-13(11)18(20)21/h4-5,8-9,12H,6-7,16H2,1-3H3. The number of amides is 1. The van der Waals surface area contributed by atoms with Crippen LogP contribution in [0.1, 0.15) is 30.6 Å². The Balaban J connectivity index is 2.86. The zero-order valence-corrected chi connectivity index (χ0v) is 13.1. The molecule has 0 radical (unpaired) electrons. The molecule has 0 aliphatic heterocycles. The fraction of sp³-hybridized carbons (Fsp3) is 0.500. The highest BCUT2D eigenvalue weighted by Crippen LogP contribution is 2.24. The van der Waals surface area contributed by atoms with Gasteiger partial charge in [-0.2, -0.15) is 0 Å². The number of hydrogen-bond donors (Lipinski definition) is 1. The summed E-state index contributed by atoms with van der Waals surface area (Å²) >= 11 is 5.74. The van der Waals surface area contributed by atoms with Crippen LogP contribution in [0.2, 0.25) is 5.02 Å². The van der Waals surface area contributed by atoms with E-state index in [2.05, 4.69) is 0 Å². The number of nitrogens with zero attached hydrogens (tertiary/aromatic N) is 2. The topological polar surface area (TPSA) is 89.5 Å². The maximum atomic E-state index is 12.3. The van der Waals surface area contributed by atoms with Crippen LogP contribution in [0.4, 0.5) is 5.69 Å². The second-order valence-corrected chi connectivity index (χ2v) is 5.78. The molecule has 0 spiro atoms. The van der Waals surface area contributed by atoms with E-state index in [1.165, 1.54) is 23.1 Å². The van der Waals surface area contributed by atoms with E-state index in [4.69, 9.17) is 17.3 Å². The van der Waals surface area contributed by atoms with E-state index in [-0.39, 0.29) is 22.3 Å². The minimum atomic E-state index is -0.604. The molecular formula is C14H20ClN3O3. The van der Waals surface area contributed by atoms with Gasteiger partial charge in [0.2, 0.25) is 0 Å². The lowest BCUT2D eigenvalue weighted by molar-refractivity contribution is -0.385. The summed E-state index contributed by atoms with van der Waals surface area (Å²) in [6.07, 6.45) is 0.640. The van der Waals surface area contributed by atoms with Gasteiger partial charge in [0.25, 0.3) is 11.6 Å². The minimum Gasteiger partial charge on any atom is -0.341 e. The maximum absolute atomic E-state index is 12.3. The van der Waals surface area contributed by atoms with Crippen molar-refractivity contribution < 1.29 is 9.72 Å². The Kier molecular flexibility index (Phi) is 6.11. The third kappa shape index (κ3) is 4.68. The summed E-state index contributed by atoms with van der Waals surface area (Å²) in [6.45, 7) is 4.46. The molecule has 7 heteroatoms.